The molecule has 4 rings (SSSR count). The lowest BCUT2D eigenvalue weighted by atomic mass is 9.89. The Morgan fingerprint density at radius 2 is 2.14 bits per heavy atom. The topological polar surface area (TPSA) is 74.8 Å². The van der Waals surface area contributed by atoms with Gasteiger partial charge in [0, 0.05) is 15.6 Å². The quantitative estimate of drug-likeness (QED) is 0.454. The molecule has 1 aliphatic rings. The van der Waals surface area contributed by atoms with Crippen molar-refractivity contribution >= 4 is 56.5 Å². The number of nitrogens with zero attached hydrogens (tertiary/aromatic N) is 1. The molecule has 146 valence electrons. The molecule has 0 bridgehead atoms. The molecular formula is C20H20ClN3O2S2. The van der Waals surface area contributed by atoms with E-state index in [-0.39, 0.29) is 11.5 Å². The molecule has 0 saturated carbocycles. The minimum atomic E-state index is -0.411. The first kappa shape index (κ1) is 19.5. The summed E-state index contributed by atoms with van der Waals surface area (Å²) in [5, 5.41) is 4.26. The summed E-state index contributed by atoms with van der Waals surface area (Å²) in [5.74, 6) is 0.486. The number of H-pyrrole nitrogens is 1. The summed E-state index contributed by atoms with van der Waals surface area (Å²) in [6, 6.07) is 6.95. The molecule has 0 radical (unpaired) electrons. The van der Waals surface area contributed by atoms with E-state index in [1.165, 1.54) is 16.6 Å². The van der Waals surface area contributed by atoms with Crippen LogP contribution in [0.2, 0.25) is 5.02 Å². The number of fused-ring (bicyclic) bond motifs is 3. The molecule has 8 heteroatoms. The average molecular weight is 434 g/mol. The third kappa shape index (κ3) is 3.97. The summed E-state index contributed by atoms with van der Waals surface area (Å²) in [6.07, 6.45) is 3.06. The highest BCUT2D eigenvalue weighted by atomic mass is 35.5. The van der Waals surface area contributed by atoms with Crippen molar-refractivity contribution in [3.05, 3.63) is 50.1 Å². The molecule has 1 aliphatic carbocycles. The Labute approximate surface area is 175 Å². The Kier molecular flexibility index (Phi) is 5.49. The second-order valence-electron chi connectivity index (χ2n) is 7.16. The van der Waals surface area contributed by atoms with E-state index in [2.05, 4.69) is 22.2 Å². The van der Waals surface area contributed by atoms with Gasteiger partial charge in [0.05, 0.1) is 10.6 Å². The smallest absolute Gasteiger partial charge is 0.260 e. The van der Waals surface area contributed by atoms with Gasteiger partial charge in [-0.2, -0.15) is 0 Å². The first-order valence-corrected chi connectivity index (χ1v) is 11.3. The number of hydrogen-bond donors (Lipinski definition) is 2. The molecule has 2 N–H and O–H groups in total. The van der Waals surface area contributed by atoms with Crippen LogP contribution in [-0.4, -0.2) is 21.1 Å². The molecule has 2 aromatic heterocycles. The van der Waals surface area contributed by atoms with Gasteiger partial charge in [0.2, 0.25) is 5.91 Å². The van der Waals surface area contributed by atoms with Gasteiger partial charge >= 0.3 is 0 Å². The average Bonchev–Trinajstić information content (AvgIpc) is 3.01. The molecule has 0 aliphatic heterocycles. The minimum Gasteiger partial charge on any atom is -0.325 e. The van der Waals surface area contributed by atoms with Gasteiger partial charge in [-0.05, 0) is 61.9 Å². The van der Waals surface area contributed by atoms with Crippen LogP contribution >= 0.6 is 34.7 Å². The van der Waals surface area contributed by atoms with Crippen LogP contribution in [0.15, 0.2) is 34.2 Å². The highest BCUT2D eigenvalue weighted by Crippen LogP contribution is 2.36. The zero-order valence-electron chi connectivity index (χ0n) is 15.5. The second kappa shape index (κ2) is 7.89. The van der Waals surface area contributed by atoms with Gasteiger partial charge in [-0.3, -0.25) is 9.59 Å². The predicted molar refractivity (Wildman–Crippen MR) is 117 cm³/mol. The Morgan fingerprint density at radius 1 is 1.39 bits per heavy atom. The number of hydrogen-bond acceptors (Lipinski definition) is 5. The van der Waals surface area contributed by atoms with Crippen LogP contribution in [-0.2, 0) is 17.6 Å². The number of thiophene rings is 1. The Hall–Kier alpha value is -1.83. The Morgan fingerprint density at radius 3 is 2.89 bits per heavy atom. The highest BCUT2D eigenvalue weighted by molar-refractivity contribution is 8.00. The summed E-state index contributed by atoms with van der Waals surface area (Å²) in [7, 11) is 0. The number of nitrogens with one attached hydrogen (secondary N) is 2. The van der Waals surface area contributed by atoms with Crippen LogP contribution in [0.25, 0.3) is 10.2 Å². The summed E-state index contributed by atoms with van der Waals surface area (Å²) < 4.78 is 0. The van der Waals surface area contributed by atoms with Crippen molar-refractivity contribution < 1.29 is 4.79 Å². The number of halogens is 1. The van der Waals surface area contributed by atoms with Crippen molar-refractivity contribution in [3.8, 4) is 0 Å². The number of anilines is 1. The van der Waals surface area contributed by atoms with E-state index in [1.807, 2.05) is 0 Å². The van der Waals surface area contributed by atoms with Crippen LogP contribution in [0.3, 0.4) is 0 Å². The van der Waals surface area contributed by atoms with Crippen molar-refractivity contribution in [3.63, 3.8) is 0 Å². The molecule has 5 nitrogen and oxygen atoms in total. The summed E-state index contributed by atoms with van der Waals surface area (Å²) in [4.78, 5) is 34.7. The first-order valence-electron chi connectivity index (χ1n) is 9.18. The van der Waals surface area contributed by atoms with Gasteiger partial charge < -0.3 is 10.3 Å². The second-order valence-corrected chi connectivity index (χ2v) is 10.0. The van der Waals surface area contributed by atoms with Crippen LogP contribution in [0.4, 0.5) is 5.69 Å². The molecule has 2 atom stereocenters. The van der Waals surface area contributed by atoms with Crippen LogP contribution < -0.4 is 10.9 Å². The van der Waals surface area contributed by atoms with Gasteiger partial charge in [-0.1, -0.05) is 30.3 Å². The SMILES string of the molecule is CC1CCc2c(sc3nc(SC(C)C(=O)Nc4ccc(Cl)cc4)[nH]c(=O)c23)C1. The number of carbonyl (C=O) groups is 1. The first-order chi connectivity index (χ1) is 13.4. The standard InChI is InChI=1S/C20H20ClN3O2S2/c1-10-3-8-14-15(9-10)28-19-16(14)18(26)23-20(24-19)27-11(2)17(25)22-13-6-4-12(21)5-7-13/h4-7,10-11H,3,8-9H2,1-2H3,(H,22,25)(H,23,24,26). The maximum Gasteiger partial charge on any atom is 0.260 e. The van der Waals surface area contributed by atoms with Crippen molar-refractivity contribution in [1.29, 1.82) is 0 Å². The molecule has 28 heavy (non-hydrogen) atoms. The third-order valence-electron chi connectivity index (χ3n) is 4.91. The fourth-order valence-corrected chi connectivity index (χ4v) is 5.75. The molecule has 0 fully saturated rings. The lowest BCUT2D eigenvalue weighted by Crippen LogP contribution is -2.23. The molecule has 1 amide bonds. The maximum atomic E-state index is 12.7. The number of aromatic amines is 1. The van der Waals surface area contributed by atoms with Crippen molar-refractivity contribution in [2.45, 2.75) is 43.5 Å². The molecule has 1 aromatic carbocycles. The third-order valence-corrected chi connectivity index (χ3v) is 7.30. The summed E-state index contributed by atoms with van der Waals surface area (Å²) in [5.41, 5.74) is 1.74. The van der Waals surface area contributed by atoms with E-state index in [4.69, 9.17) is 11.6 Å². The summed E-state index contributed by atoms with van der Waals surface area (Å²) in [6.45, 7) is 4.04. The van der Waals surface area contributed by atoms with Crippen LogP contribution in [0.5, 0.6) is 0 Å². The fraction of sp³-hybridized carbons (Fsp3) is 0.350. The van der Waals surface area contributed by atoms with Gasteiger partial charge in [0.15, 0.2) is 5.16 Å². The van der Waals surface area contributed by atoms with Gasteiger partial charge in [0.25, 0.3) is 5.56 Å². The van der Waals surface area contributed by atoms with E-state index in [0.29, 0.717) is 21.8 Å². The van der Waals surface area contributed by atoms with Crippen LogP contribution in [0, 0.1) is 5.92 Å². The lowest BCUT2D eigenvalue weighted by molar-refractivity contribution is -0.115. The highest BCUT2D eigenvalue weighted by Gasteiger charge is 2.24. The van der Waals surface area contributed by atoms with Gasteiger partial charge in [0.1, 0.15) is 4.83 Å². The van der Waals surface area contributed by atoms with E-state index < -0.39 is 5.25 Å². The van der Waals surface area contributed by atoms with E-state index in [0.717, 1.165) is 35.0 Å². The Bertz CT molecular complexity index is 1090. The lowest BCUT2D eigenvalue weighted by Gasteiger charge is -2.17. The van der Waals surface area contributed by atoms with Gasteiger partial charge in [-0.25, -0.2) is 4.98 Å². The molecule has 0 spiro atoms. The molecule has 2 heterocycles. The predicted octanol–water partition coefficient (Wildman–Crippen LogP) is 4.88. The normalized spacial score (nSPS) is 17.3. The molecular weight excluding hydrogens is 414 g/mol. The Balaban J connectivity index is 1.53. The summed E-state index contributed by atoms with van der Waals surface area (Å²) >= 11 is 8.73. The number of thioether (sulfide) groups is 1. The van der Waals surface area contributed by atoms with Crippen LogP contribution in [0.1, 0.15) is 30.7 Å². The van der Waals surface area contributed by atoms with E-state index in [1.54, 1.807) is 42.5 Å². The molecule has 2 unspecified atom stereocenters. The zero-order chi connectivity index (χ0) is 19.8. The number of aromatic nitrogens is 2. The number of rotatable bonds is 4. The number of aryl methyl sites for hydroxylation is 1. The fourth-order valence-electron chi connectivity index (χ4n) is 3.38. The number of carbonyl (C=O) groups excluding carboxylic acids is 1. The monoisotopic (exact) mass is 433 g/mol. The molecule has 0 saturated heterocycles. The maximum absolute atomic E-state index is 12.7. The molecule has 3 aromatic rings. The van der Waals surface area contributed by atoms with E-state index in [9.17, 15) is 9.59 Å². The van der Waals surface area contributed by atoms with E-state index >= 15 is 0 Å². The zero-order valence-corrected chi connectivity index (χ0v) is 17.9. The number of amides is 1. The largest absolute Gasteiger partial charge is 0.325 e. The van der Waals surface area contributed by atoms with Gasteiger partial charge in [-0.15, -0.1) is 11.3 Å². The minimum absolute atomic E-state index is 0.107. The number of benzene rings is 1. The van der Waals surface area contributed by atoms with Crippen molar-refractivity contribution in [2.24, 2.45) is 5.92 Å². The van der Waals surface area contributed by atoms with Crippen molar-refractivity contribution in [2.75, 3.05) is 5.32 Å². The van der Waals surface area contributed by atoms with Crippen molar-refractivity contribution in [1.82, 2.24) is 9.97 Å².